The molecule has 3 rings (SSSR count). The van der Waals surface area contributed by atoms with Crippen molar-refractivity contribution in [3.63, 3.8) is 0 Å². The van der Waals surface area contributed by atoms with Gasteiger partial charge in [0.15, 0.2) is 11.5 Å². The number of halogens is 1. The average molecular weight is 497 g/mol. The summed E-state index contributed by atoms with van der Waals surface area (Å²) in [5, 5.41) is 8.86. The van der Waals surface area contributed by atoms with Crippen LogP contribution in [0.3, 0.4) is 0 Å². The van der Waals surface area contributed by atoms with Gasteiger partial charge in [-0.2, -0.15) is 5.26 Å². The highest BCUT2D eigenvalue weighted by Gasteiger charge is 2.35. The summed E-state index contributed by atoms with van der Waals surface area (Å²) < 4.78 is 11.8. The molecular formula is C23H17BrN2O4S. The molecule has 1 aliphatic heterocycles. The minimum atomic E-state index is -0.413. The third kappa shape index (κ3) is 5.11. The molecule has 2 aromatic carbocycles. The van der Waals surface area contributed by atoms with Crippen LogP contribution in [0.5, 0.6) is 11.5 Å². The van der Waals surface area contributed by atoms with Gasteiger partial charge in [0.25, 0.3) is 11.1 Å². The van der Waals surface area contributed by atoms with Crippen molar-refractivity contribution < 1.29 is 19.1 Å². The Hall–Kier alpha value is -3.20. The molecule has 31 heavy (non-hydrogen) atoms. The summed E-state index contributed by atoms with van der Waals surface area (Å²) in [7, 11) is 0. The Kier molecular flexibility index (Phi) is 7.41. The first-order valence-corrected chi connectivity index (χ1v) is 10.8. The van der Waals surface area contributed by atoms with Crippen LogP contribution in [0.15, 0.2) is 45.8 Å². The van der Waals surface area contributed by atoms with E-state index in [0.29, 0.717) is 39.3 Å². The van der Waals surface area contributed by atoms with E-state index in [1.54, 1.807) is 42.5 Å². The first-order valence-electron chi connectivity index (χ1n) is 9.24. The molecule has 0 radical (unpaired) electrons. The number of carbonyl (C=O) groups excluding carboxylic acids is 2. The molecule has 156 valence electrons. The van der Waals surface area contributed by atoms with Crippen LogP contribution in [-0.4, -0.2) is 29.3 Å². The van der Waals surface area contributed by atoms with E-state index in [9.17, 15) is 14.9 Å². The van der Waals surface area contributed by atoms with Crippen LogP contribution in [0, 0.1) is 23.7 Å². The first-order chi connectivity index (χ1) is 15.0. The largest absolute Gasteiger partial charge is 0.490 e. The molecule has 2 amide bonds. The van der Waals surface area contributed by atoms with E-state index in [2.05, 4.69) is 27.9 Å². The summed E-state index contributed by atoms with van der Waals surface area (Å²) >= 11 is 4.30. The lowest BCUT2D eigenvalue weighted by Gasteiger charge is -2.14. The maximum Gasteiger partial charge on any atom is 0.293 e. The number of nitriles is 1. The number of hydrogen-bond acceptors (Lipinski definition) is 6. The molecule has 2 aromatic rings. The number of thioether (sulfide) groups is 1. The SMILES string of the molecule is C#CCOc1c(Br)cc(/C=C2\SC(=O)N(Cc3ccccc3C#N)C2=O)cc1OCC. The standard InChI is InChI=1S/C23H17BrN2O4S/c1-3-9-30-21-18(24)10-15(11-19(21)29-4-2)12-20-22(27)26(23(28)31-20)14-17-8-6-5-7-16(17)13-25/h1,5-8,10-12H,4,9,14H2,2H3/b20-12-. The molecule has 0 bridgehead atoms. The molecule has 0 spiro atoms. The van der Waals surface area contributed by atoms with Gasteiger partial charge >= 0.3 is 0 Å². The Morgan fingerprint density at radius 2 is 2.03 bits per heavy atom. The summed E-state index contributed by atoms with van der Waals surface area (Å²) in [6.07, 6.45) is 6.89. The van der Waals surface area contributed by atoms with E-state index in [1.165, 1.54) is 0 Å². The highest BCUT2D eigenvalue weighted by molar-refractivity contribution is 9.10. The summed E-state index contributed by atoms with van der Waals surface area (Å²) in [4.78, 5) is 26.8. The zero-order chi connectivity index (χ0) is 22.4. The summed E-state index contributed by atoms with van der Waals surface area (Å²) in [6.45, 7) is 2.38. The lowest BCUT2D eigenvalue weighted by atomic mass is 10.1. The molecule has 1 heterocycles. The quantitative estimate of drug-likeness (QED) is 0.397. The predicted octanol–water partition coefficient (Wildman–Crippen LogP) is 4.97. The van der Waals surface area contributed by atoms with Crippen LogP contribution in [0.2, 0.25) is 0 Å². The van der Waals surface area contributed by atoms with E-state index < -0.39 is 5.91 Å². The molecule has 1 aliphatic rings. The minimum Gasteiger partial charge on any atom is -0.490 e. The second-order valence-electron chi connectivity index (χ2n) is 6.29. The summed E-state index contributed by atoms with van der Waals surface area (Å²) in [5.74, 6) is 2.94. The van der Waals surface area contributed by atoms with E-state index in [1.807, 2.05) is 6.92 Å². The Labute approximate surface area is 192 Å². The number of rotatable bonds is 7. The summed E-state index contributed by atoms with van der Waals surface area (Å²) in [5.41, 5.74) is 1.70. The highest BCUT2D eigenvalue weighted by atomic mass is 79.9. The molecule has 8 heteroatoms. The molecule has 1 fully saturated rings. The maximum absolute atomic E-state index is 12.9. The third-order valence-electron chi connectivity index (χ3n) is 4.27. The number of imide groups is 1. The van der Waals surface area contributed by atoms with Crippen molar-refractivity contribution >= 4 is 44.9 Å². The van der Waals surface area contributed by atoms with Crippen molar-refractivity contribution in [2.24, 2.45) is 0 Å². The van der Waals surface area contributed by atoms with Gasteiger partial charge in [0.1, 0.15) is 6.61 Å². The zero-order valence-corrected chi connectivity index (χ0v) is 19.0. The smallest absolute Gasteiger partial charge is 0.293 e. The Bertz CT molecular complexity index is 1150. The number of amides is 2. The number of ether oxygens (including phenoxy) is 2. The second-order valence-corrected chi connectivity index (χ2v) is 8.14. The molecule has 1 saturated heterocycles. The van der Waals surface area contributed by atoms with E-state index >= 15 is 0 Å². The lowest BCUT2D eigenvalue weighted by Crippen LogP contribution is -2.27. The van der Waals surface area contributed by atoms with Gasteiger partial charge in [-0.3, -0.25) is 14.5 Å². The summed E-state index contributed by atoms with van der Waals surface area (Å²) in [6, 6.07) is 12.4. The van der Waals surface area contributed by atoms with Gasteiger partial charge in [0, 0.05) is 0 Å². The normalized spacial score (nSPS) is 14.5. The Morgan fingerprint density at radius 1 is 1.26 bits per heavy atom. The lowest BCUT2D eigenvalue weighted by molar-refractivity contribution is -0.123. The van der Waals surface area contributed by atoms with E-state index in [0.717, 1.165) is 16.7 Å². The van der Waals surface area contributed by atoms with Crippen molar-refractivity contribution in [1.82, 2.24) is 4.90 Å². The van der Waals surface area contributed by atoms with Gasteiger partial charge in [-0.25, -0.2) is 0 Å². The number of benzene rings is 2. The van der Waals surface area contributed by atoms with E-state index in [-0.39, 0.29) is 23.3 Å². The first kappa shape index (κ1) is 22.5. The zero-order valence-electron chi connectivity index (χ0n) is 16.6. The highest BCUT2D eigenvalue weighted by Crippen LogP contribution is 2.39. The fraction of sp³-hybridized carbons (Fsp3) is 0.174. The fourth-order valence-corrected chi connectivity index (χ4v) is 4.33. The van der Waals surface area contributed by atoms with Crippen LogP contribution in [0.25, 0.3) is 6.08 Å². The van der Waals surface area contributed by atoms with Crippen molar-refractivity contribution in [1.29, 1.82) is 5.26 Å². The average Bonchev–Trinajstić information content (AvgIpc) is 3.01. The van der Waals surface area contributed by atoms with Crippen molar-refractivity contribution in [2.45, 2.75) is 13.5 Å². The molecule has 0 unspecified atom stereocenters. The topological polar surface area (TPSA) is 79.6 Å². The predicted molar refractivity (Wildman–Crippen MR) is 122 cm³/mol. The third-order valence-corrected chi connectivity index (χ3v) is 5.77. The molecule has 0 N–H and O–H groups in total. The Balaban J connectivity index is 1.89. The molecule has 0 saturated carbocycles. The second kappa shape index (κ2) is 10.2. The van der Waals surface area contributed by atoms with Crippen molar-refractivity contribution in [3.05, 3.63) is 62.5 Å². The monoisotopic (exact) mass is 496 g/mol. The van der Waals surface area contributed by atoms with Crippen LogP contribution in [-0.2, 0) is 11.3 Å². The van der Waals surface area contributed by atoms with E-state index in [4.69, 9.17) is 15.9 Å². The molecule has 0 aliphatic carbocycles. The Morgan fingerprint density at radius 3 is 2.74 bits per heavy atom. The molecule has 0 aromatic heterocycles. The van der Waals surface area contributed by atoms with Crippen LogP contribution < -0.4 is 9.47 Å². The van der Waals surface area contributed by atoms with Gasteiger partial charge in [0.2, 0.25) is 0 Å². The van der Waals surface area contributed by atoms with Gasteiger partial charge in [0.05, 0.1) is 34.2 Å². The molecule has 6 nitrogen and oxygen atoms in total. The van der Waals surface area contributed by atoms with Crippen molar-refractivity contribution in [2.75, 3.05) is 13.2 Å². The molecular weight excluding hydrogens is 480 g/mol. The minimum absolute atomic E-state index is 0.0402. The van der Waals surface area contributed by atoms with Crippen molar-refractivity contribution in [3.8, 4) is 29.9 Å². The van der Waals surface area contributed by atoms with Crippen LogP contribution in [0.1, 0.15) is 23.6 Å². The molecule has 0 atom stereocenters. The van der Waals surface area contributed by atoms with Gasteiger partial charge in [-0.15, -0.1) is 6.42 Å². The number of nitrogens with zero attached hydrogens (tertiary/aromatic N) is 2. The number of hydrogen-bond donors (Lipinski definition) is 0. The number of terminal acetylenes is 1. The van der Waals surface area contributed by atoms with Gasteiger partial charge in [-0.1, -0.05) is 24.1 Å². The maximum atomic E-state index is 12.9. The van der Waals surface area contributed by atoms with Crippen LogP contribution in [0.4, 0.5) is 4.79 Å². The van der Waals surface area contributed by atoms with Gasteiger partial charge in [-0.05, 0) is 70.0 Å². The number of carbonyl (C=O) groups is 2. The fourth-order valence-electron chi connectivity index (χ4n) is 2.91. The van der Waals surface area contributed by atoms with Gasteiger partial charge < -0.3 is 9.47 Å². The van der Waals surface area contributed by atoms with Crippen LogP contribution >= 0.6 is 27.7 Å².